The Labute approximate surface area is 63.6 Å². The van der Waals surface area contributed by atoms with Crippen molar-refractivity contribution in [1.82, 2.24) is 0 Å². The van der Waals surface area contributed by atoms with Gasteiger partial charge in [0, 0.05) is 17.1 Å². The zero-order valence-corrected chi connectivity index (χ0v) is 9.16. The summed E-state index contributed by atoms with van der Waals surface area (Å²) in [5.41, 5.74) is 0. The first kappa shape index (κ1) is 16.0. The van der Waals surface area contributed by atoms with Gasteiger partial charge in [-0.2, -0.15) is 0 Å². The van der Waals surface area contributed by atoms with Crippen molar-refractivity contribution in [3.8, 4) is 0 Å². The fourth-order valence-corrected chi connectivity index (χ4v) is 0. The third-order valence-electron chi connectivity index (χ3n) is 0. The first-order chi connectivity index (χ1) is 1.73. The van der Waals surface area contributed by atoms with Gasteiger partial charge in [-0.05, 0) is 0 Å². The molecule has 0 aromatic carbocycles. The van der Waals surface area contributed by atoms with Gasteiger partial charge in [0.15, 0.2) is 0 Å². The summed E-state index contributed by atoms with van der Waals surface area (Å²) in [5.74, 6) is 0. The molecule has 1 radical (unpaired) electrons. The van der Waals surface area contributed by atoms with Gasteiger partial charge in [0.25, 0.3) is 5.09 Å². The maximum atomic E-state index is 8.36. The van der Waals surface area contributed by atoms with Crippen LogP contribution in [-0.4, -0.2) is 36.5 Å². The molecule has 0 aromatic rings. The van der Waals surface area contributed by atoms with Crippen LogP contribution >= 0.6 is 0 Å². The molecule has 0 fully saturated rings. The van der Waals surface area contributed by atoms with Crippen molar-refractivity contribution >= 4 is 26.2 Å². The van der Waals surface area contributed by atoms with E-state index in [-0.39, 0.29) is 43.3 Å². The Kier molecular flexibility index (Phi) is 24.3. The molecule has 4 nitrogen and oxygen atoms in total. The summed E-state index contributed by atoms with van der Waals surface area (Å²) in [4.78, 5) is 8.36. The summed E-state index contributed by atoms with van der Waals surface area (Å²) in [6, 6.07) is 0. The van der Waals surface area contributed by atoms with Crippen LogP contribution in [0, 0.1) is 10.1 Å². The van der Waals surface area contributed by atoms with Crippen molar-refractivity contribution in [2.75, 3.05) is 0 Å². The molecule has 0 atom stereocenters. The fraction of sp³-hybridized carbons (Fsp3) is 0. The van der Waals surface area contributed by atoms with Crippen LogP contribution in [-0.2, 0) is 17.1 Å². The molecule has 0 aliphatic rings. The molecule has 0 saturated carbocycles. The number of nitrogens with zero attached hydrogens (tertiary/aromatic N) is 1. The van der Waals surface area contributed by atoms with Gasteiger partial charge in [-0.1, -0.05) is 0 Å². The summed E-state index contributed by atoms with van der Waals surface area (Å²) >= 11 is 0. The number of hydrogen-bond acceptors (Lipinski definition) is 2. The fourth-order valence-electron chi connectivity index (χ4n) is 0. The van der Waals surface area contributed by atoms with Crippen molar-refractivity contribution in [2.24, 2.45) is 0 Å². The second kappa shape index (κ2) is 9.14. The minimum absolute atomic E-state index is 0. The van der Waals surface area contributed by atoms with Crippen LogP contribution in [0.3, 0.4) is 0 Å². The van der Waals surface area contributed by atoms with Crippen LogP contribution in [0.25, 0.3) is 0 Å². The summed E-state index contributed by atoms with van der Waals surface area (Å²) in [6.45, 7) is 0. The second-order valence-electron chi connectivity index (χ2n) is 0.238. The van der Waals surface area contributed by atoms with E-state index < -0.39 is 5.09 Å². The monoisotopic (exact) mass is 338 g/mol. The molecule has 1 N–H and O–H groups in total. The van der Waals surface area contributed by atoms with Gasteiger partial charge in [0.05, 0.1) is 0 Å². The minimum atomic E-state index is -1.50. The van der Waals surface area contributed by atoms with Crippen LogP contribution in [0.4, 0.5) is 0 Å². The van der Waals surface area contributed by atoms with Gasteiger partial charge >= 0.3 is 26.2 Å². The molecule has 0 saturated heterocycles. The Morgan fingerprint density at radius 3 is 1.67 bits per heavy atom. The van der Waals surface area contributed by atoms with E-state index in [0.29, 0.717) is 0 Å². The maximum absolute atomic E-state index is 8.36. The van der Waals surface area contributed by atoms with E-state index in [2.05, 4.69) is 0 Å². The standard InChI is InChI=1S/Bi.Cu.HNO3.3H/c;;2-1(3)4;;;/h;;(H,2,3,4);;;. The molecule has 0 heterocycles. The molecule has 0 unspecified atom stereocenters. The predicted molar refractivity (Wildman–Crippen MR) is 18.7 cm³/mol. The topological polar surface area (TPSA) is 63.4 Å². The summed E-state index contributed by atoms with van der Waals surface area (Å²) in [7, 11) is 0. The summed E-state index contributed by atoms with van der Waals surface area (Å²) < 4.78 is 0. The maximum Gasteiger partial charge on any atom is 0 e. The summed E-state index contributed by atoms with van der Waals surface area (Å²) in [5, 5.41) is 13.6. The molecular weight excluding hydrogens is 335 g/mol. The molecule has 0 spiro atoms. The molecule has 0 aromatic heterocycles. The van der Waals surface area contributed by atoms with Gasteiger partial charge in [0.2, 0.25) is 0 Å². The normalized spacial score (nSPS) is 4.00. The average Bonchev–Trinajstić information content (AvgIpc) is 0.811. The average molecular weight is 339 g/mol. The van der Waals surface area contributed by atoms with E-state index in [1.807, 2.05) is 0 Å². The van der Waals surface area contributed by atoms with E-state index >= 15 is 0 Å². The van der Waals surface area contributed by atoms with Gasteiger partial charge in [-0.3, -0.25) is 0 Å². The molecule has 0 aliphatic heterocycles. The Morgan fingerprint density at radius 1 is 1.67 bits per heavy atom. The molecule has 0 aliphatic carbocycles. The Morgan fingerprint density at radius 2 is 1.67 bits per heavy atom. The van der Waals surface area contributed by atoms with E-state index in [0.717, 1.165) is 0 Å². The minimum Gasteiger partial charge on any atom is 0 e. The third kappa shape index (κ3) is 165. The quantitative estimate of drug-likeness (QED) is 0.331. The molecule has 43 valence electrons. The predicted octanol–water partition coefficient (Wildman–Crippen LogP) is -1.53. The van der Waals surface area contributed by atoms with Gasteiger partial charge in [-0.25, -0.2) is 0 Å². The second-order valence-corrected chi connectivity index (χ2v) is 0.238. The smallest absolute Gasteiger partial charge is 0 e. The van der Waals surface area contributed by atoms with Crippen LogP contribution in [0.5, 0.6) is 0 Å². The largest absolute Gasteiger partial charge is 0 e. The molecule has 6 heavy (non-hydrogen) atoms. The van der Waals surface area contributed by atoms with Crippen LogP contribution in [0.15, 0.2) is 0 Å². The van der Waals surface area contributed by atoms with E-state index in [1.54, 1.807) is 0 Å². The summed E-state index contributed by atoms with van der Waals surface area (Å²) in [6.07, 6.45) is 0. The van der Waals surface area contributed by atoms with Crippen molar-refractivity contribution in [3.63, 3.8) is 0 Å². The molecule has 6 heteroatoms. The first-order valence-corrected chi connectivity index (χ1v) is 0.565. The Hall–Kier alpha value is 0.603. The number of hydrogen-bond donors (Lipinski definition) is 1. The van der Waals surface area contributed by atoms with E-state index in [9.17, 15) is 0 Å². The van der Waals surface area contributed by atoms with Crippen molar-refractivity contribution < 1.29 is 27.4 Å². The molecule has 0 rings (SSSR count). The van der Waals surface area contributed by atoms with Crippen LogP contribution < -0.4 is 0 Å². The van der Waals surface area contributed by atoms with Crippen LogP contribution in [0.1, 0.15) is 0 Å². The first-order valence-electron chi connectivity index (χ1n) is 0.565. The van der Waals surface area contributed by atoms with Crippen LogP contribution in [0.2, 0.25) is 0 Å². The van der Waals surface area contributed by atoms with Crippen molar-refractivity contribution in [1.29, 1.82) is 0 Å². The zero-order chi connectivity index (χ0) is 3.58. The molecule has 0 amide bonds. The van der Waals surface area contributed by atoms with E-state index in [1.165, 1.54) is 0 Å². The third-order valence-corrected chi connectivity index (χ3v) is 0. The van der Waals surface area contributed by atoms with Gasteiger partial charge < -0.3 is 5.21 Å². The van der Waals surface area contributed by atoms with E-state index in [4.69, 9.17) is 15.3 Å². The van der Waals surface area contributed by atoms with Gasteiger partial charge in [-0.15, -0.1) is 10.1 Å². The van der Waals surface area contributed by atoms with Crippen molar-refractivity contribution in [2.45, 2.75) is 0 Å². The number of rotatable bonds is 0. The Bertz CT molecular complexity index is 33.8. The van der Waals surface area contributed by atoms with Crippen molar-refractivity contribution in [3.05, 3.63) is 10.1 Å². The molecule has 0 bridgehead atoms. The Balaban J connectivity index is -0.0000000450. The zero-order valence-electron chi connectivity index (χ0n) is 2.72. The van der Waals surface area contributed by atoms with Gasteiger partial charge in [0.1, 0.15) is 0 Å². The molecular formula is H4BiCuNO3. The SMILES string of the molecule is O=[N+]([O-])O.[BiH3].[Cu].